The van der Waals surface area contributed by atoms with Gasteiger partial charge in [-0.3, -0.25) is 4.90 Å². The van der Waals surface area contributed by atoms with Crippen LogP contribution in [-0.2, 0) is 0 Å². The third kappa shape index (κ3) is 6.17. The summed E-state index contributed by atoms with van der Waals surface area (Å²) in [6.45, 7) is 16.4. The van der Waals surface area contributed by atoms with E-state index in [1.807, 2.05) is 0 Å². The Morgan fingerprint density at radius 2 is 1.83 bits per heavy atom. The van der Waals surface area contributed by atoms with Gasteiger partial charge in [-0.15, -0.1) is 0 Å². The van der Waals surface area contributed by atoms with Crippen LogP contribution in [0.4, 0.5) is 0 Å². The van der Waals surface area contributed by atoms with Gasteiger partial charge in [-0.25, -0.2) is 0 Å². The third-order valence-corrected chi connectivity index (χ3v) is 4.02. The first kappa shape index (κ1) is 15.9. The van der Waals surface area contributed by atoms with E-state index in [1.54, 1.807) is 0 Å². The Morgan fingerprint density at radius 1 is 1.17 bits per heavy atom. The molecule has 3 nitrogen and oxygen atoms in total. The number of piperazine rings is 1. The van der Waals surface area contributed by atoms with Crippen LogP contribution in [0.15, 0.2) is 0 Å². The number of nitrogens with zero attached hydrogens (tertiary/aromatic N) is 1. The molecule has 1 rings (SSSR count). The maximum atomic E-state index is 3.59. The Hall–Kier alpha value is -0.120. The molecule has 0 aromatic rings. The normalized spacial score (nSPS) is 18.5. The van der Waals surface area contributed by atoms with Crippen LogP contribution in [0.25, 0.3) is 0 Å². The van der Waals surface area contributed by atoms with Crippen molar-refractivity contribution in [2.45, 2.75) is 52.5 Å². The maximum Gasteiger partial charge on any atom is 0.0166 e. The summed E-state index contributed by atoms with van der Waals surface area (Å²) in [5, 5.41) is 7.02. The van der Waals surface area contributed by atoms with Crippen LogP contribution in [0.2, 0.25) is 0 Å². The fourth-order valence-electron chi connectivity index (χ4n) is 2.58. The van der Waals surface area contributed by atoms with Crippen molar-refractivity contribution < 1.29 is 0 Å². The van der Waals surface area contributed by atoms with Crippen molar-refractivity contribution >= 4 is 0 Å². The minimum Gasteiger partial charge on any atom is -0.317 e. The van der Waals surface area contributed by atoms with Gasteiger partial charge in [-0.2, -0.15) is 0 Å². The molecule has 108 valence electrons. The highest BCUT2D eigenvalue weighted by atomic mass is 15.2. The van der Waals surface area contributed by atoms with Crippen molar-refractivity contribution in [1.29, 1.82) is 0 Å². The lowest BCUT2D eigenvalue weighted by Crippen LogP contribution is -2.54. The van der Waals surface area contributed by atoms with Crippen LogP contribution in [0.3, 0.4) is 0 Å². The van der Waals surface area contributed by atoms with E-state index in [9.17, 15) is 0 Å². The lowest BCUT2D eigenvalue weighted by Gasteiger charge is -2.41. The third-order valence-electron chi connectivity index (χ3n) is 4.02. The standard InChI is InChI=1S/C15H33N3/c1-14(2)6-5-8-16-9-7-15(3,4)18-12-10-17-11-13-18/h14,16-17H,5-13H2,1-4H3. The van der Waals surface area contributed by atoms with Gasteiger partial charge in [0.25, 0.3) is 0 Å². The lowest BCUT2D eigenvalue weighted by atomic mass is 9.97. The fourth-order valence-corrected chi connectivity index (χ4v) is 2.58. The van der Waals surface area contributed by atoms with Gasteiger partial charge in [0, 0.05) is 31.7 Å². The summed E-state index contributed by atoms with van der Waals surface area (Å²) in [6, 6.07) is 0. The van der Waals surface area contributed by atoms with E-state index in [0.717, 1.165) is 25.6 Å². The van der Waals surface area contributed by atoms with Crippen molar-refractivity contribution in [2.24, 2.45) is 5.92 Å². The molecule has 0 aliphatic carbocycles. The zero-order valence-corrected chi connectivity index (χ0v) is 12.9. The first-order valence-electron chi connectivity index (χ1n) is 7.69. The first-order valence-corrected chi connectivity index (χ1v) is 7.69. The Kier molecular flexibility index (Phi) is 7.20. The highest BCUT2D eigenvalue weighted by Crippen LogP contribution is 2.18. The van der Waals surface area contributed by atoms with E-state index in [-0.39, 0.29) is 0 Å². The molecule has 1 saturated heterocycles. The molecule has 0 aromatic heterocycles. The molecule has 0 spiro atoms. The smallest absolute Gasteiger partial charge is 0.0166 e. The molecule has 1 aliphatic heterocycles. The zero-order valence-electron chi connectivity index (χ0n) is 12.9. The Morgan fingerprint density at radius 3 is 2.44 bits per heavy atom. The Bertz CT molecular complexity index is 208. The first-order chi connectivity index (χ1) is 8.52. The molecule has 0 radical (unpaired) electrons. The average Bonchev–Trinajstić information content (AvgIpc) is 2.34. The molecule has 0 bridgehead atoms. The van der Waals surface area contributed by atoms with E-state index in [1.165, 1.54) is 38.9 Å². The molecule has 1 fully saturated rings. The van der Waals surface area contributed by atoms with Gasteiger partial charge >= 0.3 is 0 Å². The van der Waals surface area contributed by atoms with Crippen LogP contribution in [0.1, 0.15) is 47.0 Å². The van der Waals surface area contributed by atoms with E-state index in [0.29, 0.717) is 5.54 Å². The van der Waals surface area contributed by atoms with E-state index < -0.39 is 0 Å². The van der Waals surface area contributed by atoms with Gasteiger partial charge < -0.3 is 10.6 Å². The second-order valence-corrected chi connectivity index (χ2v) is 6.59. The predicted molar refractivity (Wildman–Crippen MR) is 80.1 cm³/mol. The van der Waals surface area contributed by atoms with Crippen LogP contribution in [0, 0.1) is 5.92 Å². The minimum absolute atomic E-state index is 0.340. The summed E-state index contributed by atoms with van der Waals surface area (Å²) >= 11 is 0. The molecule has 1 aliphatic rings. The quantitative estimate of drug-likeness (QED) is 0.650. The highest BCUT2D eigenvalue weighted by molar-refractivity contribution is 4.85. The summed E-state index contributed by atoms with van der Waals surface area (Å²) in [6.07, 6.45) is 3.90. The summed E-state index contributed by atoms with van der Waals surface area (Å²) < 4.78 is 0. The van der Waals surface area contributed by atoms with Crippen molar-refractivity contribution in [1.82, 2.24) is 15.5 Å². The van der Waals surface area contributed by atoms with Gasteiger partial charge in [0.1, 0.15) is 0 Å². The molecule has 18 heavy (non-hydrogen) atoms. The molecule has 0 amide bonds. The molecule has 1 heterocycles. The van der Waals surface area contributed by atoms with Crippen molar-refractivity contribution in [2.75, 3.05) is 39.3 Å². The summed E-state index contributed by atoms with van der Waals surface area (Å²) in [5.74, 6) is 0.837. The Labute approximate surface area is 114 Å². The monoisotopic (exact) mass is 255 g/mol. The number of hydrogen-bond acceptors (Lipinski definition) is 3. The minimum atomic E-state index is 0.340. The molecule has 3 heteroatoms. The van der Waals surface area contributed by atoms with Crippen LogP contribution >= 0.6 is 0 Å². The molecular weight excluding hydrogens is 222 g/mol. The topological polar surface area (TPSA) is 27.3 Å². The summed E-state index contributed by atoms with van der Waals surface area (Å²) in [4.78, 5) is 2.62. The molecule has 0 unspecified atom stereocenters. The molecule has 0 aromatic carbocycles. The fraction of sp³-hybridized carbons (Fsp3) is 1.00. The number of hydrogen-bond donors (Lipinski definition) is 2. The van der Waals surface area contributed by atoms with Crippen LogP contribution in [-0.4, -0.2) is 49.7 Å². The second-order valence-electron chi connectivity index (χ2n) is 6.59. The highest BCUT2D eigenvalue weighted by Gasteiger charge is 2.26. The van der Waals surface area contributed by atoms with Gasteiger partial charge in [0.2, 0.25) is 0 Å². The molecule has 2 N–H and O–H groups in total. The SMILES string of the molecule is CC(C)CCCNCCC(C)(C)N1CCNCC1. The van der Waals surface area contributed by atoms with E-state index >= 15 is 0 Å². The summed E-state index contributed by atoms with van der Waals surface area (Å²) in [5.41, 5.74) is 0.340. The van der Waals surface area contributed by atoms with Gasteiger partial charge in [-0.1, -0.05) is 13.8 Å². The zero-order chi connectivity index (χ0) is 13.4. The predicted octanol–water partition coefficient (Wildman–Crippen LogP) is 2.09. The largest absolute Gasteiger partial charge is 0.317 e. The van der Waals surface area contributed by atoms with Crippen LogP contribution in [0.5, 0.6) is 0 Å². The lowest BCUT2D eigenvalue weighted by molar-refractivity contribution is 0.0956. The van der Waals surface area contributed by atoms with Crippen molar-refractivity contribution in [3.8, 4) is 0 Å². The van der Waals surface area contributed by atoms with E-state index in [4.69, 9.17) is 0 Å². The molecule has 0 atom stereocenters. The average molecular weight is 255 g/mol. The van der Waals surface area contributed by atoms with Gasteiger partial charge in [0.15, 0.2) is 0 Å². The van der Waals surface area contributed by atoms with Gasteiger partial charge in [-0.05, 0) is 52.1 Å². The van der Waals surface area contributed by atoms with E-state index in [2.05, 4.69) is 43.2 Å². The maximum absolute atomic E-state index is 3.59. The number of rotatable bonds is 8. The van der Waals surface area contributed by atoms with Crippen molar-refractivity contribution in [3.05, 3.63) is 0 Å². The Balaban J connectivity index is 2.09. The second kappa shape index (κ2) is 8.13. The molecular formula is C15H33N3. The summed E-state index contributed by atoms with van der Waals surface area (Å²) in [7, 11) is 0. The molecule has 0 saturated carbocycles. The van der Waals surface area contributed by atoms with Crippen LogP contribution < -0.4 is 10.6 Å². The van der Waals surface area contributed by atoms with Gasteiger partial charge in [0.05, 0.1) is 0 Å². The number of nitrogens with one attached hydrogen (secondary N) is 2. The van der Waals surface area contributed by atoms with Crippen molar-refractivity contribution in [3.63, 3.8) is 0 Å².